The summed E-state index contributed by atoms with van der Waals surface area (Å²) in [6.45, 7) is 1.52. The lowest BCUT2D eigenvalue weighted by Gasteiger charge is -2.28. The maximum absolute atomic E-state index is 13.0. The number of benzene rings is 1. The van der Waals surface area contributed by atoms with Crippen molar-refractivity contribution in [3.05, 3.63) is 53.5 Å². The molecule has 1 amide bonds. The number of anilines is 1. The summed E-state index contributed by atoms with van der Waals surface area (Å²) in [5.74, 6) is 5.26. The number of aliphatic imine (C=N–C) groups is 1. The molecule has 0 saturated carbocycles. The van der Waals surface area contributed by atoms with Crippen LogP contribution in [0.15, 0.2) is 41.5 Å². The predicted molar refractivity (Wildman–Crippen MR) is 120 cm³/mol. The van der Waals surface area contributed by atoms with E-state index in [9.17, 15) is 9.00 Å². The Morgan fingerprint density at radius 2 is 2.03 bits per heavy atom. The van der Waals surface area contributed by atoms with Crippen LogP contribution >= 0.6 is 0 Å². The molecule has 0 aliphatic carbocycles. The Hall–Kier alpha value is -3.20. The summed E-state index contributed by atoms with van der Waals surface area (Å²) >= 11 is 0. The van der Waals surface area contributed by atoms with Crippen LogP contribution in [0.4, 0.5) is 5.69 Å². The number of nitrogens with zero attached hydrogens (tertiary/aromatic N) is 5. The molecule has 1 saturated heterocycles. The smallest absolute Gasteiger partial charge is 0.275 e. The second kappa shape index (κ2) is 6.94. The Balaban J connectivity index is 1.42. The maximum Gasteiger partial charge on any atom is 0.275 e. The molecule has 1 fully saturated rings. The zero-order chi connectivity index (χ0) is 20.9. The third kappa shape index (κ3) is 3.24. The van der Waals surface area contributed by atoms with E-state index in [4.69, 9.17) is 0 Å². The van der Waals surface area contributed by atoms with Gasteiger partial charge in [0.05, 0.1) is 12.1 Å². The third-order valence-electron chi connectivity index (χ3n) is 5.59. The van der Waals surface area contributed by atoms with Crippen molar-refractivity contribution in [1.82, 2.24) is 19.7 Å². The van der Waals surface area contributed by atoms with Crippen LogP contribution in [0, 0.1) is 0 Å². The Bertz CT molecular complexity index is 1290. The fourth-order valence-corrected chi connectivity index (χ4v) is 5.18. The number of nitrogens with one attached hydrogen (secondary N) is 1. The lowest BCUT2D eigenvalue weighted by molar-refractivity contribution is 0.0766. The minimum absolute atomic E-state index is 0.130. The number of aromatic nitrogens is 3. The Morgan fingerprint density at radius 1 is 1.23 bits per heavy atom. The number of hydrogen-bond acceptors (Lipinski definition) is 6. The fourth-order valence-electron chi connectivity index (χ4n) is 3.87. The average molecular weight is 423 g/mol. The molecule has 5 rings (SSSR count). The molecule has 9 heteroatoms. The second-order valence-electron chi connectivity index (χ2n) is 7.67. The molecule has 0 atom stereocenters. The van der Waals surface area contributed by atoms with Crippen molar-refractivity contribution in [3.8, 4) is 0 Å². The molecule has 30 heavy (non-hydrogen) atoms. The van der Waals surface area contributed by atoms with Crippen molar-refractivity contribution < 1.29 is 9.00 Å². The normalized spacial score (nSPS) is 17.6. The number of amidine groups is 1. The highest BCUT2D eigenvalue weighted by Gasteiger charge is 2.26. The van der Waals surface area contributed by atoms with E-state index in [2.05, 4.69) is 26.3 Å². The first-order valence-corrected chi connectivity index (χ1v) is 11.8. The highest BCUT2D eigenvalue weighted by atomic mass is 32.2. The maximum atomic E-state index is 13.0. The molecule has 1 aromatic carbocycles. The van der Waals surface area contributed by atoms with Gasteiger partial charge < -0.3 is 10.2 Å². The number of carbonyl (C=O) groups excluding carboxylic acids is 1. The lowest BCUT2D eigenvalue weighted by atomic mass is 10.1. The minimum atomic E-state index is -2.05. The zero-order valence-electron chi connectivity index (χ0n) is 16.7. The highest BCUT2D eigenvalue weighted by Crippen LogP contribution is 2.25. The van der Waals surface area contributed by atoms with E-state index in [1.165, 1.54) is 0 Å². The van der Waals surface area contributed by atoms with Crippen molar-refractivity contribution in [2.75, 3.05) is 29.9 Å². The number of amides is 1. The number of aryl methyl sites for hydroxylation is 1. The summed E-state index contributed by atoms with van der Waals surface area (Å²) in [7, 11) is -0.226. The van der Waals surface area contributed by atoms with Gasteiger partial charge >= 0.3 is 0 Å². The van der Waals surface area contributed by atoms with Crippen LogP contribution in [0.5, 0.6) is 0 Å². The molecular weight excluding hydrogens is 400 g/mol. The van der Waals surface area contributed by atoms with E-state index in [0.717, 1.165) is 33.7 Å². The average Bonchev–Trinajstić information content (AvgIpc) is 3.29. The molecule has 1 N–H and O–H groups in total. The standard InChI is InChI=1S/C21H22N6O2S/c1-26-17-12-15(24-20-18-14(13-23-20)4-3-7-22-18)5-6-16(17)19(25-26)21(28)27-8-10-30(2,29)11-9-27/h3-7,12H,2,8-11,13H2,1H3,(H,23,24). The first-order chi connectivity index (χ1) is 14.4. The Labute approximate surface area is 174 Å². The van der Waals surface area contributed by atoms with E-state index in [0.29, 0.717) is 36.8 Å². The molecule has 2 aliphatic rings. The summed E-state index contributed by atoms with van der Waals surface area (Å²) in [5.41, 5.74) is 4.09. The fraction of sp³-hybridized carbons (Fsp3) is 0.286. The van der Waals surface area contributed by atoms with Gasteiger partial charge in [-0.2, -0.15) is 5.10 Å². The van der Waals surface area contributed by atoms with Crippen LogP contribution < -0.4 is 5.32 Å². The molecule has 4 heterocycles. The molecule has 3 aromatic rings. The monoisotopic (exact) mass is 422 g/mol. The van der Waals surface area contributed by atoms with Crippen molar-refractivity contribution in [1.29, 1.82) is 0 Å². The Kier molecular flexibility index (Phi) is 4.35. The summed E-state index contributed by atoms with van der Waals surface area (Å²) in [6, 6.07) is 9.72. The van der Waals surface area contributed by atoms with Crippen LogP contribution in [-0.4, -0.2) is 66.1 Å². The minimum Gasteiger partial charge on any atom is -0.339 e. The lowest BCUT2D eigenvalue weighted by Crippen LogP contribution is -2.43. The molecule has 0 unspecified atom stereocenters. The van der Waals surface area contributed by atoms with Gasteiger partial charge in [0.25, 0.3) is 5.91 Å². The van der Waals surface area contributed by atoms with Crippen LogP contribution in [-0.2, 0) is 23.1 Å². The molecule has 0 radical (unpaired) electrons. The summed E-state index contributed by atoms with van der Waals surface area (Å²) in [6.07, 6.45) is 1.76. The van der Waals surface area contributed by atoms with Crippen LogP contribution in [0.1, 0.15) is 21.7 Å². The van der Waals surface area contributed by atoms with Crippen LogP contribution in [0.25, 0.3) is 10.9 Å². The van der Waals surface area contributed by atoms with Gasteiger partial charge in [0.2, 0.25) is 0 Å². The van der Waals surface area contributed by atoms with E-state index in [-0.39, 0.29) is 5.91 Å². The zero-order valence-corrected chi connectivity index (χ0v) is 17.5. The van der Waals surface area contributed by atoms with Crippen LogP contribution in [0.2, 0.25) is 0 Å². The quantitative estimate of drug-likeness (QED) is 0.632. The number of hydrogen-bond donors (Lipinski definition) is 1. The largest absolute Gasteiger partial charge is 0.339 e. The van der Waals surface area contributed by atoms with Gasteiger partial charge in [-0.1, -0.05) is 6.07 Å². The number of fused-ring (bicyclic) bond motifs is 2. The van der Waals surface area contributed by atoms with Gasteiger partial charge in [0, 0.05) is 54.5 Å². The molecule has 8 nitrogen and oxygen atoms in total. The first kappa shape index (κ1) is 18.8. The molecular formula is C21H22N6O2S. The van der Waals surface area contributed by atoms with Crippen LogP contribution in [0.3, 0.4) is 0 Å². The predicted octanol–water partition coefficient (Wildman–Crippen LogP) is 1.51. The molecule has 154 valence electrons. The van der Waals surface area contributed by atoms with Gasteiger partial charge in [0.1, 0.15) is 5.69 Å². The number of carbonyl (C=O) groups is 1. The number of rotatable bonds is 2. The topological polar surface area (TPSA) is 92.5 Å². The van der Waals surface area contributed by atoms with E-state index >= 15 is 0 Å². The third-order valence-corrected chi connectivity index (χ3v) is 7.45. The number of pyridine rings is 1. The van der Waals surface area contributed by atoms with Gasteiger partial charge in [0.15, 0.2) is 11.5 Å². The van der Waals surface area contributed by atoms with E-state index in [1.54, 1.807) is 15.8 Å². The highest BCUT2D eigenvalue weighted by molar-refractivity contribution is 8.00. The van der Waals surface area contributed by atoms with Crippen molar-refractivity contribution in [2.24, 2.45) is 12.0 Å². The SMILES string of the molecule is C=S1(=O)CCN(C(=O)c2nn(C)c3cc(NC4=NCc5cccnc54)ccc23)CC1. The van der Waals surface area contributed by atoms with Gasteiger partial charge in [-0.25, -0.2) is 0 Å². The Morgan fingerprint density at radius 3 is 2.83 bits per heavy atom. The van der Waals surface area contributed by atoms with Crippen molar-refractivity contribution in [2.45, 2.75) is 6.54 Å². The molecule has 2 aliphatic heterocycles. The molecule has 0 spiro atoms. The summed E-state index contributed by atoms with van der Waals surface area (Å²) in [5, 5.41) is 8.61. The van der Waals surface area contributed by atoms with Gasteiger partial charge in [-0.3, -0.25) is 23.7 Å². The summed E-state index contributed by atoms with van der Waals surface area (Å²) in [4.78, 5) is 23.7. The van der Waals surface area contributed by atoms with E-state index in [1.807, 2.05) is 37.4 Å². The van der Waals surface area contributed by atoms with Crippen molar-refractivity contribution >= 4 is 43.7 Å². The summed E-state index contributed by atoms with van der Waals surface area (Å²) < 4.78 is 13.8. The second-order valence-corrected chi connectivity index (χ2v) is 10.4. The van der Waals surface area contributed by atoms with E-state index < -0.39 is 9.52 Å². The van der Waals surface area contributed by atoms with Gasteiger partial charge in [-0.15, -0.1) is 0 Å². The van der Waals surface area contributed by atoms with Gasteiger partial charge in [-0.05, 0) is 39.7 Å². The first-order valence-electron chi connectivity index (χ1n) is 9.76. The van der Waals surface area contributed by atoms with Crippen molar-refractivity contribution in [3.63, 3.8) is 0 Å². The molecule has 0 bridgehead atoms. The molecule has 2 aromatic heterocycles.